The number of rotatable bonds is 5. The van der Waals surface area contributed by atoms with Crippen LogP contribution in [-0.4, -0.2) is 21.3 Å². The Morgan fingerprint density at radius 1 is 1.08 bits per heavy atom. The van der Waals surface area contributed by atoms with Gasteiger partial charge in [0.1, 0.15) is 6.54 Å². The number of nitrogens with one attached hydrogen (secondary N) is 2. The largest absolute Gasteiger partial charge is 0.326 e. The second kappa shape index (κ2) is 7.18. The highest BCUT2D eigenvalue weighted by Crippen LogP contribution is 2.13. The molecule has 1 heterocycles. The summed E-state index contributed by atoms with van der Waals surface area (Å²) in [4.78, 5) is 44.6. The van der Waals surface area contributed by atoms with Gasteiger partial charge in [-0.2, -0.15) is 0 Å². The fourth-order valence-corrected chi connectivity index (χ4v) is 1.95. The Bertz CT molecular complexity index is 842. The molecule has 0 aliphatic carbocycles. The molecule has 2 amide bonds. The van der Waals surface area contributed by atoms with Crippen LogP contribution in [0, 0.1) is 10.1 Å². The molecule has 0 aliphatic rings. The van der Waals surface area contributed by atoms with Gasteiger partial charge in [0, 0.05) is 30.4 Å². The average Bonchev–Trinajstić information content (AvgIpc) is 2.50. The summed E-state index contributed by atoms with van der Waals surface area (Å²) in [5.41, 5.74) is 0.252. The fourth-order valence-electron chi connectivity index (χ4n) is 1.95. The molecule has 0 saturated carbocycles. The maximum Gasteiger partial charge on any atom is 0.285 e. The third-order valence-corrected chi connectivity index (χ3v) is 2.98. The number of pyridine rings is 1. The van der Waals surface area contributed by atoms with Crippen molar-refractivity contribution in [2.75, 3.05) is 10.6 Å². The monoisotopic (exact) mass is 330 g/mol. The molecule has 1 aromatic heterocycles. The Morgan fingerprint density at radius 3 is 2.21 bits per heavy atom. The summed E-state index contributed by atoms with van der Waals surface area (Å²) in [6.07, 6.45) is 1.02. The van der Waals surface area contributed by atoms with E-state index in [-0.39, 0.29) is 18.1 Å². The van der Waals surface area contributed by atoms with Gasteiger partial charge in [-0.1, -0.05) is 0 Å². The molecule has 9 heteroatoms. The highest BCUT2D eigenvalue weighted by atomic mass is 16.6. The van der Waals surface area contributed by atoms with Crippen LogP contribution in [0.5, 0.6) is 0 Å². The molecule has 0 fully saturated rings. The zero-order chi connectivity index (χ0) is 17.7. The third kappa shape index (κ3) is 4.50. The zero-order valence-corrected chi connectivity index (χ0v) is 12.7. The van der Waals surface area contributed by atoms with Crippen molar-refractivity contribution >= 4 is 28.9 Å². The molecule has 124 valence electrons. The van der Waals surface area contributed by atoms with Gasteiger partial charge in [0.2, 0.25) is 11.8 Å². The molecule has 1 aromatic carbocycles. The summed E-state index contributed by atoms with van der Waals surface area (Å²) in [6, 6.07) is 8.50. The van der Waals surface area contributed by atoms with Gasteiger partial charge < -0.3 is 10.6 Å². The summed E-state index contributed by atoms with van der Waals surface area (Å²) in [7, 11) is 0. The first-order chi connectivity index (χ1) is 11.3. The smallest absolute Gasteiger partial charge is 0.285 e. The van der Waals surface area contributed by atoms with Crippen molar-refractivity contribution < 1.29 is 14.5 Å². The van der Waals surface area contributed by atoms with Crippen molar-refractivity contribution in [1.29, 1.82) is 0 Å². The molecule has 0 spiro atoms. The summed E-state index contributed by atoms with van der Waals surface area (Å²) < 4.78 is 0.957. The quantitative estimate of drug-likeness (QED) is 0.633. The SMILES string of the molecule is CC(=O)Nc1ccc(NC(=O)Cn2cc([N+](=O)[O-])ccc2=O)cc1. The maximum absolute atomic E-state index is 12.0. The van der Waals surface area contributed by atoms with Crippen LogP contribution in [0.15, 0.2) is 47.4 Å². The lowest BCUT2D eigenvalue weighted by Crippen LogP contribution is -2.26. The van der Waals surface area contributed by atoms with Gasteiger partial charge in [-0.25, -0.2) is 0 Å². The minimum atomic E-state index is -0.644. The van der Waals surface area contributed by atoms with E-state index >= 15 is 0 Å². The number of carbonyl (C=O) groups is 2. The molecule has 0 radical (unpaired) electrons. The van der Waals surface area contributed by atoms with Crippen molar-refractivity contribution in [3.8, 4) is 0 Å². The van der Waals surface area contributed by atoms with Gasteiger partial charge in [-0.15, -0.1) is 0 Å². The molecule has 2 N–H and O–H groups in total. The lowest BCUT2D eigenvalue weighted by Gasteiger charge is -2.08. The standard InChI is InChI=1S/C15H14N4O5/c1-10(20)16-11-2-4-12(5-3-11)17-14(21)9-18-8-13(19(23)24)6-7-15(18)22/h2-8H,9H2,1H3,(H,16,20)(H,17,21). The number of anilines is 2. The molecule has 24 heavy (non-hydrogen) atoms. The number of carbonyl (C=O) groups excluding carboxylic acids is 2. The van der Waals surface area contributed by atoms with E-state index in [0.29, 0.717) is 11.4 Å². The third-order valence-electron chi connectivity index (χ3n) is 2.98. The molecule has 0 atom stereocenters. The number of aromatic nitrogens is 1. The Labute approximate surface area is 136 Å². The number of nitrogens with zero attached hydrogens (tertiary/aromatic N) is 2. The highest BCUT2D eigenvalue weighted by Gasteiger charge is 2.11. The summed E-state index contributed by atoms with van der Waals surface area (Å²) in [5, 5.41) is 15.9. The Hall–Kier alpha value is -3.49. The van der Waals surface area contributed by atoms with Crippen LogP contribution in [0.1, 0.15) is 6.92 Å². The second-order valence-electron chi connectivity index (χ2n) is 4.92. The van der Waals surface area contributed by atoms with E-state index in [2.05, 4.69) is 10.6 Å². The molecular formula is C15H14N4O5. The van der Waals surface area contributed by atoms with Crippen LogP contribution in [-0.2, 0) is 16.1 Å². The van der Waals surface area contributed by atoms with E-state index in [1.807, 2.05) is 0 Å². The molecule has 0 unspecified atom stereocenters. The van der Waals surface area contributed by atoms with E-state index < -0.39 is 16.4 Å². The normalized spacial score (nSPS) is 10.0. The molecule has 0 bridgehead atoms. The van der Waals surface area contributed by atoms with E-state index in [1.54, 1.807) is 24.3 Å². The number of hydrogen-bond donors (Lipinski definition) is 2. The zero-order valence-electron chi connectivity index (χ0n) is 12.7. The van der Waals surface area contributed by atoms with Gasteiger partial charge in [-0.05, 0) is 24.3 Å². The van der Waals surface area contributed by atoms with Crippen molar-refractivity contribution in [3.63, 3.8) is 0 Å². The number of benzene rings is 1. The van der Waals surface area contributed by atoms with Gasteiger partial charge >= 0.3 is 0 Å². The van der Waals surface area contributed by atoms with Gasteiger partial charge in [0.25, 0.3) is 11.2 Å². The average molecular weight is 330 g/mol. The molecule has 2 rings (SSSR count). The van der Waals surface area contributed by atoms with Crippen molar-refractivity contribution in [3.05, 3.63) is 63.1 Å². The van der Waals surface area contributed by atoms with Gasteiger partial charge in [0.05, 0.1) is 11.1 Å². The predicted octanol–water partition coefficient (Wildman–Crippen LogP) is 1.35. The van der Waals surface area contributed by atoms with E-state index in [1.165, 1.54) is 6.92 Å². The molecule has 9 nitrogen and oxygen atoms in total. The van der Waals surface area contributed by atoms with Gasteiger partial charge in [0.15, 0.2) is 0 Å². The minimum Gasteiger partial charge on any atom is -0.326 e. The first-order valence-corrected chi connectivity index (χ1v) is 6.87. The second-order valence-corrected chi connectivity index (χ2v) is 4.92. The number of nitro groups is 1. The van der Waals surface area contributed by atoms with E-state index in [9.17, 15) is 24.5 Å². The maximum atomic E-state index is 12.0. The molecule has 0 aliphatic heterocycles. The fraction of sp³-hybridized carbons (Fsp3) is 0.133. The lowest BCUT2D eigenvalue weighted by molar-refractivity contribution is -0.385. The number of amides is 2. The summed E-state index contributed by atoms with van der Waals surface area (Å²) in [5.74, 6) is -0.721. The van der Waals surface area contributed by atoms with Crippen molar-refractivity contribution in [2.24, 2.45) is 0 Å². The summed E-state index contributed by atoms with van der Waals surface area (Å²) in [6.45, 7) is 1.03. The van der Waals surface area contributed by atoms with Gasteiger partial charge in [-0.3, -0.25) is 29.1 Å². The Morgan fingerprint density at radius 2 is 1.67 bits per heavy atom. The minimum absolute atomic E-state index is 0.211. The van der Waals surface area contributed by atoms with Crippen LogP contribution >= 0.6 is 0 Å². The first kappa shape index (κ1) is 16.9. The van der Waals surface area contributed by atoms with E-state index in [4.69, 9.17) is 0 Å². The molecular weight excluding hydrogens is 316 g/mol. The first-order valence-electron chi connectivity index (χ1n) is 6.87. The van der Waals surface area contributed by atoms with Crippen LogP contribution in [0.4, 0.5) is 17.1 Å². The van der Waals surface area contributed by atoms with Crippen molar-refractivity contribution in [1.82, 2.24) is 4.57 Å². The Kier molecular flexibility index (Phi) is 5.05. The highest BCUT2D eigenvalue weighted by molar-refractivity contribution is 5.92. The van der Waals surface area contributed by atoms with Crippen LogP contribution in [0.2, 0.25) is 0 Å². The van der Waals surface area contributed by atoms with Crippen LogP contribution in [0.3, 0.4) is 0 Å². The number of hydrogen-bond acceptors (Lipinski definition) is 5. The summed E-state index contributed by atoms with van der Waals surface area (Å²) >= 11 is 0. The predicted molar refractivity (Wildman–Crippen MR) is 86.7 cm³/mol. The van der Waals surface area contributed by atoms with Crippen molar-refractivity contribution in [2.45, 2.75) is 13.5 Å². The van der Waals surface area contributed by atoms with Crippen LogP contribution in [0.25, 0.3) is 0 Å². The van der Waals surface area contributed by atoms with E-state index in [0.717, 1.165) is 22.9 Å². The lowest BCUT2D eigenvalue weighted by atomic mass is 10.2. The molecule has 2 aromatic rings. The Balaban J connectivity index is 2.05. The van der Waals surface area contributed by atoms with Crippen LogP contribution < -0.4 is 16.2 Å². The molecule has 0 saturated heterocycles. The topological polar surface area (TPSA) is 123 Å².